The van der Waals surface area contributed by atoms with Crippen LogP contribution in [0.5, 0.6) is 0 Å². The predicted octanol–water partition coefficient (Wildman–Crippen LogP) is 0.0245. The first kappa shape index (κ1) is 13.5. The molecule has 3 rings (SSSR count). The van der Waals surface area contributed by atoms with E-state index in [1.165, 1.54) is 0 Å². The molecule has 7 nitrogen and oxygen atoms in total. The Kier molecular flexibility index (Phi) is 3.25. The van der Waals surface area contributed by atoms with Crippen LogP contribution in [0.2, 0.25) is 0 Å². The van der Waals surface area contributed by atoms with Gasteiger partial charge in [0.05, 0.1) is 12.5 Å². The van der Waals surface area contributed by atoms with Crippen molar-refractivity contribution in [2.24, 2.45) is 0 Å². The Balaban J connectivity index is 1.60. The molecule has 0 aromatic carbocycles. The van der Waals surface area contributed by atoms with Crippen LogP contribution in [-0.2, 0) is 9.53 Å². The van der Waals surface area contributed by atoms with Crippen LogP contribution in [0, 0.1) is 6.92 Å². The minimum absolute atomic E-state index is 0.0523. The molecule has 2 saturated heterocycles. The molecule has 3 heterocycles. The molecular formula is C13H20N4O3. The molecule has 0 aliphatic carbocycles. The summed E-state index contributed by atoms with van der Waals surface area (Å²) in [5.41, 5.74) is -0.733. The molecule has 2 aliphatic heterocycles. The van der Waals surface area contributed by atoms with E-state index in [0.717, 1.165) is 6.54 Å². The molecule has 0 unspecified atom stereocenters. The standard InChI is InChI=1S/C13H20N4O3/c1-9-14-11(20-15-9)10-6-17(7-10)12(18)13(2)8-16(3)4-5-19-13/h10H,4-8H2,1-3H3/t13-/m0/s1. The summed E-state index contributed by atoms with van der Waals surface area (Å²) >= 11 is 0. The number of likely N-dealkylation sites (N-methyl/N-ethyl adjacent to an activating group) is 1. The number of rotatable bonds is 2. The summed E-state index contributed by atoms with van der Waals surface area (Å²) < 4.78 is 10.9. The molecule has 20 heavy (non-hydrogen) atoms. The Labute approximate surface area is 117 Å². The Hall–Kier alpha value is -1.47. The van der Waals surface area contributed by atoms with Gasteiger partial charge in [-0.05, 0) is 20.9 Å². The Morgan fingerprint density at radius 3 is 2.80 bits per heavy atom. The second-order valence-electron chi connectivity index (χ2n) is 5.90. The molecule has 2 fully saturated rings. The second kappa shape index (κ2) is 4.82. The molecule has 0 N–H and O–H groups in total. The van der Waals surface area contributed by atoms with Gasteiger partial charge in [-0.3, -0.25) is 4.79 Å². The quantitative estimate of drug-likeness (QED) is 0.761. The van der Waals surface area contributed by atoms with Crippen molar-refractivity contribution in [2.75, 3.05) is 39.8 Å². The van der Waals surface area contributed by atoms with Gasteiger partial charge in [-0.15, -0.1) is 0 Å². The van der Waals surface area contributed by atoms with Gasteiger partial charge in [0, 0.05) is 26.2 Å². The van der Waals surface area contributed by atoms with E-state index in [4.69, 9.17) is 9.26 Å². The lowest BCUT2D eigenvalue weighted by Gasteiger charge is -2.45. The van der Waals surface area contributed by atoms with E-state index < -0.39 is 5.60 Å². The number of ether oxygens (including phenoxy) is 1. The smallest absolute Gasteiger partial charge is 0.255 e. The summed E-state index contributed by atoms with van der Waals surface area (Å²) in [5.74, 6) is 1.47. The largest absolute Gasteiger partial charge is 0.363 e. The highest BCUT2D eigenvalue weighted by Gasteiger charge is 2.46. The van der Waals surface area contributed by atoms with Crippen LogP contribution in [-0.4, -0.2) is 71.3 Å². The first-order valence-corrected chi connectivity index (χ1v) is 6.90. The maximum Gasteiger partial charge on any atom is 0.255 e. The number of carbonyl (C=O) groups is 1. The van der Waals surface area contributed by atoms with E-state index in [1.54, 1.807) is 6.92 Å². The van der Waals surface area contributed by atoms with Gasteiger partial charge in [0.1, 0.15) is 0 Å². The zero-order chi connectivity index (χ0) is 14.3. The zero-order valence-corrected chi connectivity index (χ0v) is 12.1. The summed E-state index contributed by atoms with van der Waals surface area (Å²) in [6.07, 6.45) is 0. The van der Waals surface area contributed by atoms with Crippen molar-refractivity contribution >= 4 is 5.91 Å². The van der Waals surface area contributed by atoms with Gasteiger partial charge in [0.15, 0.2) is 11.4 Å². The highest BCUT2D eigenvalue weighted by molar-refractivity contribution is 5.86. The summed E-state index contributed by atoms with van der Waals surface area (Å²) in [5, 5.41) is 3.78. The number of carbonyl (C=O) groups excluding carboxylic acids is 1. The minimum Gasteiger partial charge on any atom is -0.363 e. The Bertz CT molecular complexity index is 511. The molecule has 110 valence electrons. The van der Waals surface area contributed by atoms with Gasteiger partial charge >= 0.3 is 0 Å². The molecule has 1 amide bonds. The number of hydrogen-bond donors (Lipinski definition) is 0. The van der Waals surface area contributed by atoms with E-state index in [-0.39, 0.29) is 11.8 Å². The minimum atomic E-state index is -0.733. The number of aromatic nitrogens is 2. The van der Waals surface area contributed by atoms with Gasteiger partial charge < -0.3 is 19.1 Å². The van der Waals surface area contributed by atoms with E-state index in [0.29, 0.717) is 38.0 Å². The topological polar surface area (TPSA) is 71.7 Å². The van der Waals surface area contributed by atoms with E-state index in [2.05, 4.69) is 15.0 Å². The lowest BCUT2D eigenvalue weighted by atomic mass is 9.94. The molecule has 0 spiro atoms. The van der Waals surface area contributed by atoms with Gasteiger partial charge in [-0.25, -0.2) is 0 Å². The average molecular weight is 280 g/mol. The molecule has 0 radical (unpaired) electrons. The third-order valence-electron chi connectivity index (χ3n) is 3.98. The van der Waals surface area contributed by atoms with Gasteiger partial charge in [0.2, 0.25) is 5.89 Å². The number of hydrogen-bond acceptors (Lipinski definition) is 6. The summed E-state index contributed by atoms with van der Waals surface area (Å²) in [6, 6.07) is 0. The fourth-order valence-electron chi connectivity index (χ4n) is 2.81. The van der Waals surface area contributed by atoms with Crippen molar-refractivity contribution in [2.45, 2.75) is 25.4 Å². The van der Waals surface area contributed by atoms with Gasteiger partial charge in [-0.2, -0.15) is 4.98 Å². The van der Waals surface area contributed by atoms with E-state index >= 15 is 0 Å². The van der Waals surface area contributed by atoms with Crippen molar-refractivity contribution in [1.82, 2.24) is 19.9 Å². The Morgan fingerprint density at radius 2 is 2.20 bits per heavy atom. The number of likely N-dealkylation sites (tertiary alicyclic amines) is 1. The van der Waals surface area contributed by atoms with Crippen LogP contribution in [0.1, 0.15) is 24.6 Å². The molecular weight excluding hydrogens is 260 g/mol. The maximum atomic E-state index is 12.5. The Morgan fingerprint density at radius 1 is 1.45 bits per heavy atom. The summed E-state index contributed by atoms with van der Waals surface area (Å²) in [6.45, 7) is 7.01. The van der Waals surface area contributed by atoms with Crippen molar-refractivity contribution in [3.8, 4) is 0 Å². The molecule has 1 atom stereocenters. The fourth-order valence-corrected chi connectivity index (χ4v) is 2.81. The molecule has 1 aromatic heterocycles. The molecule has 0 saturated carbocycles. The number of morpholine rings is 1. The molecule has 0 bridgehead atoms. The summed E-state index contributed by atoms with van der Waals surface area (Å²) in [7, 11) is 2.01. The number of aryl methyl sites for hydroxylation is 1. The van der Waals surface area contributed by atoms with E-state index in [9.17, 15) is 4.79 Å². The van der Waals surface area contributed by atoms with Crippen molar-refractivity contribution < 1.29 is 14.1 Å². The van der Waals surface area contributed by atoms with Crippen LogP contribution in [0.3, 0.4) is 0 Å². The van der Waals surface area contributed by atoms with Crippen LogP contribution in [0.25, 0.3) is 0 Å². The van der Waals surface area contributed by atoms with E-state index in [1.807, 2.05) is 18.9 Å². The maximum absolute atomic E-state index is 12.5. The highest BCUT2D eigenvalue weighted by Crippen LogP contribution is 2.30. The number of nitrogens with zero attached hydrogens (tertiary/aromatic N) is 4. The summed E-state index contributed by atoms with van der Waals surface area (Å²) in [4.78, 5) is 20.7. The third kappa shape index (κ3) is 2.31. The van der Waals surface area contributed by atoms with Crippen LogP contribution in [0.15, 0.2) is 4.52 Å². The van der Waals surface area contributed by atoms with Crippen molar-refractivity contribution in [3.05, 3.63) is 11.7 Å². The lowest BCUT2D eigenvalue weighted by Crippen LogP contribution is -2.62. The van der Waals surface area contributed by atoms with Crippen molar-refractivity contribution in [3.63, 3.8) is 0 Å². The molecule has 2 aliphatic rings. The second-order valence-corrected chi connectivity index (χ2v) is 5.90. The SMILES string of the molecule is Cc1noc(C2CN(C(=O)[C@]3(C)CN(C)CCO3)C2)n1. The normalized spacial score (nSPS) is 28.4. The predicted molar refractivity (Wildman–Crippen MR) is 70.2 cm³/mol. The number of amides is 1. The fraction of sp³-hybridized carbons (Fsp3) is 0.769. The first-order chi connectivity index (χ1) is 9.48. The lowest BCUT2D eigenvalue weighted by molar-refractivity contribution is -0.171. The van der Waals surface area contributed by atoms with Crippen LogP contribution >= 0.6 is 0 Å². The first-order valence-electron chi connectivity index (χ1n) is 6.90. The highest BCUT2D eigenvalue weighted by atomic mass is 16.5. The van der Waals surface area contributed by atoms with Crippen molar-refractivity contribution in [1.29, 1.82) is 0 Å². The molecule has 1 aromatic rings. The van der Waals surface area contributed by atoms with Gasteiger partial charge in [0.25, 0.3) is 5.91 Å². The van der Waals surface area contributed by atoms with Crippen LogP contribution in [0.4, 0.5) is 0 Å². The molecule has 7 heteroatoms. The van der Waals surface area contributed by atoms with Gasteiger partial charge in [-0.1, -0.05) is 5.16 Å². The van der Waals surface area contributed by atoms with Crippen LogP contribution < -0.4 is 0 Å². The monoisotopic (exact) mass is 280 g/mol. The zero-order valence-electron chi connectivity index (χ0n) is 12.1. The average Bonchev–Trinajstić information content (AvgIpc) is 2.73. The third-order valence-corrected chi connectivity index (χ3v) is 3.98.